The van der Waals surface area contributed by atoms with Gasteiger partial charge in [-0.1, -0.05) is 6.92 Å². The summed E-state index contributed by atoms with van der Waals surface area (Å²) in [6, 6.07) is 5.86. The first-order valence-electron chi connectivity index (χ1n) is 7.34. The largest absolute Gasteiger partial charge is 0.370 e. The quantitative estimate of drug-likeness (QED) is 0.641. The minimum atomic E-state index is -0.311. The monoisotopic (exact) mass is 277 g/mol. The van der Waals surface area contributed by atoms with Crippen LogP contribution in [0.5, 0.6) is 0 Å². The molecule has 20 heavy (non-hydrogen) atoms. The number of nitrogens with zero attached hydrogens (tertiary/aromatic N) is 2. The van der Waals surface area contributed by atoms with Crippen LogP contribution < -0.4 is 10.2 Å². The van der Waals surface area contributed by atoms with Gasteiger partial charge in [0, 0.05) is 37.0 Å². The van der Waals surface area contributed by atoms with Crippen LogP contribution in [0, 0.1) is 17.0 Å². The van der Waals surface area contributed by atoms with E-state index in [2.05, 4.69) is 17.1 Å². The van der Waals surface area contributed by atoms with E-state index in [-0.39, 0.29) is 10.6 Å². The van der Waals surface area contributed by atoms with Gasteiger partial charge in [-0.25, -0.2) is 0 Å². The first-order chi connectivity index (χ1) is 9.60. The fraction of sp³-hybridized carbons (Fsp3) is 0.600. The normalized spacial score (nSPS) is 18.2. The van der Waals surface area contributed by atoms with E-state index < -0.39 is 0 Å². The summed E-state index contributed by atoms with van der Waals surface area (Å²) in [5, 5.41) is 14.5. The maximum absolute atomic E-state index is 11.0. The molecule has 0 amide bonds. The van der Waals surface area contributed by atoms with E-state index in [9.17, 15) is 10.1 Å². The lowest BCUT2D eigenvalue weighted by atomic mass is 10.1. The van der Waals surface area contributed by atoms with Gasteiger partial charge < -0.3 is 10.2 Å². The third-order valence-corrected chi connectivity index (χ3v) is 3.72. The average Bonchev–Trinajstić information content (AvgIpc) is 2.90. The van der Waals surface area contributed by atoms with E-state index in [4.69, 9.17) is 0 Å². The predicted octanol–water partition coefficient (Wildman–Crippen LogP) is 2.87. The molecule has 0 radical (unpaired) electrons. The van der Waals surface area contributed by atoms with Crippen molar-refractivity contribution in [2.45, 2.75) is 39.2 Å². The Morgan fingerprint density at radius 3 is 2.85 bits per heavy atom. The van der Waals surface area contributed by atoms with Crippen molar-refractivity contribution in [3.63, 3.8) is 0 Å². The topological polar surface area (TPSA) is 58.4 Å². The van der Waals surface area contributed by atoms with Crippen LogP contribution in [0.4, 0.5) is 11.4 Å². The van der Waals surface area contributed by atoms with Gasteiger partial charge in [-0.3, -0.25) is 10.1 Å². The number of hydrogen-bond donors (Lipinski definition) is 1. The van der Waals surface area contributed by atoms with Gasteiger partial charge in [-0.15, -0.1) is 0 Å². The van der Waals surface area contributed by atoms with Crippen molar-refractivity contribution in [2.24, 2.45) is 0 Å². The fourth-order valence-corrected chi connectivity index (χ4v) is 2.81. The SMILES string of the molecule is CCCN(CC1CCCN1)c1cc(C)cc([N+](=O)[O-])c1. The Hall–Kier alpha value is -1.62. The highest BCUT2D eigenvalue weighted by molar-refractivity contribution is 5.55. The van der Waals surface area contributed by atoms with Crippen LogP contribution in [-0.2, 0) is 0 Å². The van der Waals surface area contributed by atoms with Gasteiger partial charge in [0.05, 0.1) is 4.92 Å². The molecule has 2 rings (SSSR count). The number of benzene rings is 1. The number of hydrogen-bond acceptors (Lipinski definition) is 4. The van der Waals surface area contributed by atoms with Gasteiger partial charge in [0.25, 0.3) is 5.69 Å². The molecule has 1 aliphatic heterocycles. The molecule has 5 heteroatoms. The van der Waals surface area contributed by atoms with Crippen LogP contribution >= 0.6 is 0 Å². The summed E-state index contributed by atoms with van der Waals surface area (Å²) in [7, 11) is 0. The number of nitrogens with one attached hydrogen (secondary N) is 1. The maximum Gasteiger partial charge on any atom is 0.271 e. The third-order valence-electron chi connectivity index (χ3n) is 3.72. The van der Waals surface area contributed by atoms with E-state index in [1.54, 1.807) is 12.1 Å². The van der Waals surface area contributed by atoms with E-state index in [1.165, 1.54) is 12.8 Å². The van der Waals surface area contributed by atoms with Crippen molar-refractivity contribution in [2.75, 3.05) is 24.5 Å². The van der Waals surface area contributed by atoms with E-state index >= 15 is 0 Å². The first-order valence-corrected chi connectivity index (χ1v) is 7.34. The van der Waals surface area contributed by atoms with E-state index in [1.807, 2.05) is 13.0 Å². The molecule has 0 aromatic heterocycles. The highest BCUT2D eigenvalue weighted by Gasteiger charge is 2.19. The van der Waals surface area contributed by atoms with Crippen LogP contribution in [0.1, 0.15) is 31.7 Å². The number of nitro benzene ring substituents is 1. The van der Waals surface area contributed by atoms with Crippen molar-refractivity contribution in [1.82, 2.24) is 5.32 Å². The minimum Gasteiger partial charge on any atom is -0.370 e. The molecule has 1 N–H and O–H groups in total. The summed E-state index contributed by atoms with van der Waals surface area (Å²) in [6.45, 7) is 6.99. The fourth-order valence-electron chi connectivity index (χ4n) is 2.81. The summed E-state index contributed by atoms with van der Waals surface area (Å²) in [4.78, 5) is 13.0. The molecule has 1 atom stereocenters. The summed E-state index contributed by atoms with van der Waals surface area (Å²) in [5.74, 6) is 0. The zero-order chi connectivity index (χ0) is 14.5. The van der Waals surface area contributed by atoms with Gasteiger partial charge in [-0.05, 0) is 44.4 Å². The number of aryl methyl sites for hydroxylation is 1. The molecule has 1 unspecified atom stereocenters. The Bertz CT molecular complexity index is 470. The summed E-state index contributed by atoms with van der Waals surface area (Å²) in [6.07, 6.45) is 3.45. The van der Waals surface area contributed by atoms with Gasteiger partial charge in [0.15, 0.2) is 0 Å². The molecule has 1 fully saturated rings. The van der Waals surface area contributed by atoms with Crippen LogP contribution in [-0.4, -0.2) is 30.6 Å². The highest BCUT2D eigenvalue weighted by Crippen LogP contribution is 2.25. The summed E-state index contributed by atoms with van der Waals surface area (Å²) >= 11 is 0. The van der Waals surface area contributed by atoms with Crippen molar-refractivity contribution >= 4 is 11.4 Å². The molecule has 1 aromatic rings. The van der Waals surface area contributed by atoms with Crippen LogP contribution in [0.25, 0.3) is 0 Å². The lowest BCUT2D eigenvalue weighted by molar-refractivity contribution is -0.384. The molecular formula is C15H23N3O2. The lowest BCUT2D eigenvalue weighted by Crippen LogP contribution is -2.38. The molecule has 1 heterocycles. The molecule has 0 saturated carbocycles. The second-order valence-electron chi connectivity index (χ2n) is 5.52. The smallest absolute Gasteiger partial charge is 0.271 e. The number of anilines is 1. The Balaban J connectivity index is 2.20. The van der Waals surface area contributed by atoms with E-state index in [0.29, 0.717) is 6.04 Å². The Labute approximate surface area is 120 Å². The summed E-state index contributed by atoms with van der Waals surface area (Å²) in [5.41, 5.74) is 2.09. The number of nitro groups is 1. The van der Waals surface area contributed by atoms with E-state index in [0.717, 1.165) is 37.3 Å². The van der Waals surface area contributed by atoms with Crippen molar-refractivity contribution in [3.05, 3.63) is 33.9 Å². The number of rotatable bonds is 6. The molecule has 110 valence electrons. The second-order valence-corrected chi connectivity index (χ2v) is 5.52. The lowest BCUT2D eigenvalue weighted by Gasteiger charge is -2.27. The Morgan fingerprint density at radius 2 is 2.25 bits per heavy atom. The molecule has 1 aliphatic rings. The van der Waals surface area contributed by atoms with Gasteiger partial charge in [0.2, 0.25) is 0 Å². The molecule has 5 nitrogen and oxygen atoms in total. The standard InChI is InChI=1S/C15H23N3O2/c1-3-7-17(11-13-5-4-6-16-13)14-8-12(2)9-15(10-14)18(19)20/h8-10,13,16H,3-7,11H2,1-2H3. The second kappa shape index (κ2) is 6.70. The summed E-state index contributed by atoms with van der Waals surface area (Å²) < 4.78 is 0. The van der Waals surface area contributed by atoms with Crippen LogP contribution in [0.3, 0.4) is 0 Å². The minimum absolute atomic E-state index is 0.181. The average molecular weight is 277 g/mol. The van der Waals surface area contributed by atoms with Crippen molar-refractivity contribution in [3.8, 4) is 0 Å². The molecule has 0 aliphatic carbocycles. The first kappa shape index (κ1) is 14.8. The predicted molar refractivity (Wildman–Crippen MR) is 81.4 cm³/mol. The zero-order valence-corrected chi connectivity index (χ0v) is 12.3. The molecule has 1 saturated heterocycles. The van der Waals surface area contributed by atoms with Crippen LogP contribution in [0.15, 0.2) is 18.2 Å². The Kier molecular flexibility index (Phi) is 4.95. The van der Waals surface area contributed by atoms with Gasteiger partial charge in [-0.2, -0.15) is 0 Å². The van der Waals surface area contributed by atoms with Gasteiger partial charge >= 0.3 is 0 Å². The molecular weight excluding hydrogens is 254 g/mol. The number of non-ortho nitro benzene ring substituents is 1. The molecule has 1 aromatic carbocycles. The highest BCUT2D eigenvalue weighted by atomic mass is 16.6. The zero-order valence-electron chi connectivity index (χ0n) is 12.3. The van der Waals surface area contributed by atoms with Crippen molar-refractivity contribution < 1.29 is 4.92 Å². The molecule has 0 spiro atoms. The van der Waals surface area contributed by atoms with Gasteiger partial charge in [0.1, 0.15) is 0 Å². The molecule has 0 bridgehead atoms. The van der Waals surface area contributed by atoms with Crippen LogP contribution in [0.2, 0.25) is 0 Å². The maximum atomic E-state index is 11.0. The Morgan fingerprint density at radius 1 is 1.45 bits per heavy atom. The third kappa shape index (κ3) is 3.70. The van der Waals surface area contributed by atoms with Crippen molar-refractivity contribution in [1.29, 1.82) is 0 Å².